The largest absolute Gasteiger partial charge is 0.363 e. The van der Waals surface area contributed by atoms with Crippen LogP contribution in [-0.4, -0.2) is 29.0 Å². The van der Waals surface area contributed by atoms with E-state index >= 15 is 0 Å². The van der Waals surface area contributed by atoms with E-state index in [1.54, 1.807) is 13.0 Å². The number of nitrogens with one attached hydrogen (secondary N) is 1. The Kier molecular flexibility index (Phi) is 4.08. The highest BCUT2D eigenvalue weighted by Gasteiger charge is 2.40. The van der Waals surface area contributed by atoms with Gasteiger partial charge in [0.2, 0.25) is 0 Å². The summed E-state index contributed by atoms with van der Waals surface area (Å²) in [6.45, 7) is 1.09. The lowest BCUT2D eigenvalue weighted by Crippen LogP contribution is -2.43. The smallest absolute Gasteiger partial charge is 0.345 e. The maximum atomic E-state index is 13.8. The van der Waals surface area contributed by atoms with Crippen molar-refractivity contribution >= 4 is 28.3 Å². The second kappa shape index (κ2) is 5.75. The molecule has 25 heavy (non-hydrogen) atoms. The Balaban J connectivity index is 2.35. The van der Waals surface area contributed by atoms with Gasteiger partial charge < -0.3 is 9.88 Å². The summed E-state index contributed by atoms with van der Waals surface area (Å²) >= 11 is 6.10. The molecule has 0 amide bonds. The zero-order valence-corrected chi connectivity index (χ0v) is 13.9. The molecule has 2 aromatic heterocycles. The molecule has 1 saturated heterocycles. The predicted octanol–water partition coefficient (Wildman–Crippen LogP) is 3.64. The van der Waals surface area contributed by atoms with Gasteiger partial charge in [0.1, 0.15) is 22.8 Å². The zero-order valence-electron chi connectivity index (χ0n) is 13.1. The van der Waals surface area contributed by atoms with Crippen LogP contribution in [-0.2, 0) is 6.05 Å². The van der Waals surface area contributed by atoms with Gasteiger partial charge in [0.05, 0.1) is 22.8 Å². The summed E-state index contributed by atoms with van der Waals surface area (Å²) < 4.78 is 55.3. The van der Waals surface area contributed by atoms with Crippen molar-refractivity contribution in [1.29, 1.82) is 5.26 Å². The highest BCUT2D eigenvalue weighted by molar-refractivity contribution is 6.36. The SMILES string of the molecule is Cc1[nH]c2c(N3CCCC(F)(F)C3)c(C#N)c(C(N)(F)F)nc2c1Cl. The van der Waals surface area contributed by atoms with Crippen LogP contribution in [0, 0.1) is 18.3 Å². The molecule has 0 spiro atoms. The van der Waals surface area contributed by atoms with Crippen molar-refractivity contribution in [3.8, 4) is 6.07 Å². The van der Waals surface area contributed by atoms with Crippen LogP contribution in [0.5, 0.6) is 0 Å². The van der Waals surface area contributed by atoms with Crippen molar-refractivity contribution in [2.24, 2.45) is 5.73 Å². The van der Waals surface area contributed by atoms with E-state index in [1.165, 1.54) is 4.90 Å². The lowest BCUT2D eigenvalue weighted by atomic mass is 10.0. The topological polar surface area (TPSA) is 81.7 Å². The molecule has 134 valence electrons. The minimum atomic E-state index is -3.92. The van der Waals surface area contributed by atoms with E-state index in [4.69, 9.17) is 17.3 Å². The average Bonchev–Trinajstić information content (AvgIpc) is 2.78. The van der Waals surface area contributed by atoms with Gasteiger partial charge in [-0.1, -0.05) is 11.6 Å². The molecule has 0 saturated carbocycles. The van der Waals surface area contributed by atoms with E-state index < -0.39 is 29.8 Å². The molecule has 3 rings (SSSR count). The van der Waals surface area contributed by atoms with Gasteiger partial charge in [0.15, 0.2) is 0 Å². The molecule has 0 atom stereocenters. The van der Waals surface area contributed by atoms with Crippen LogP contribution >= 0.6 is 11.6 Å². The van der Waals surface area contributed by atoms with Gasteiger partial charge in [-0.2, -0.15) is 14.0 Å². The van der Waals surface area contributed by atoms with E-state index in [-0.39, 0.29) is 41.1 Å². The first-order valence-electron chi connectivity index (χ1n) is 7.47. The lowest BCUT2D eigenvalue weighted by Gasteiger charge is -2.35. The number of rotatable bonds is 2. The summed E-state index contributed by atoms with van der Waals surface area (Å²) in [5, 5.41) is 9.50. The fraction of sp³-hybridized carbons (Fsp3) is 0.467. The monoisotopic (exact) mass is 375 g/mol. The summed E-state index contributed by atoms with van der Waals surface area (Å²) in [5.41, 5.74) is 3.86. The van der Waals surface area contributed by atoms with Crippen molar-refractivity contribution in [2.45, 2.75) is 31.7 Å². The number of nitrogens with zero attached hydrogens (tertiary/aromatic N) is 3. The van der Waals surface area contributed by atoms with Crippen molar-refractivity contribution < 1.29 is 17.6 Å². The number of H-pyrrole nitrogens is 1. The van der Waals surface area contributed by atoms with E-state index in [0.717, 1.165) is 0 Å². The Morgan fingerprint density at radius 2 is 2.12 bits per heavy atom. The standard InChI is InChI=1S/C15H14ClF4N5/c1-7-9(16)10-11(23-7)12(25-4-2-3-14(17,18)6-25)8(5-21)13(24-10)15(19,20)22/h23H,2-4,6,22H2,1H3. The fourth-order valence-electron chi connectivity index (χ4n) is 3.09. The Hall–Kier alpha value is -2.05. The van der Waals surface area contributed by atoms with Crippen LogP contribution in [0.3, 0.4) is 0 Å². The third kappa shape index (κ3) is 3.00. The van der Waals surface area contributed by atoms with E-state index in [2.05, 4.69) is 9.97 Å². The highest BCUT2D eigenvalue weighted by atomic mass is 35.5. The highest BCUT2D eigenvalue weighted by Crippen LogP contribution is 2.41. The third-order valence-corrected chi connectivity index (χ3v) is 4.62. The summed E-state index contributed by atoms with van der Waals surface area (Å²) in [5.74, 6) is -2.99. The van der Waals surface area contributed by atoms with Crippen LogP contribution < -0.4 is 10.6 Å². The van der Waals surface area contributed by atoms with Gasteiger partial charge in [-0.05, 0) is 13.3 Å². The maximum absolute atomic E-state index is 13.8. The number of alkyl halides is 4. The minimum absolute atomic E-state index is 0.0258. The fourth-order valence-corrected chi connectivity index (χ4v) is 3.27. The molecule has 10 heteroatoms. The third-order valence-electron chi connectivity index (χ3n) is 4.16. The van der Waals surface area contributed by atoms with Gasteiger partial charge in [0.25, 0.3) is 5.92 Å². The number of anilines is 1. The molecule has 0 aromatic carbocycles. The Morgan fingerprint density at radius 3 is 2.68 bits per heavy atom. The molecule has 0 radical (unpaired) electrons. The molecule has 3 N–H and O–H groups in total. The quantitative estimate of drug-likeness (QED) is 0.620. The number of hydrogen-bond donors (Lipinski definition) is 2. The first-order valence-corrected chi connectivity index (χ1v) is 7.85. The van der Waals surface area contributed by atoms with Crippen molar-refractivity contribution in [3.63, 3.8) is 0 Å². The first kappa shape index (κ1) is 17.8. The predicted molar refractivity (Wildman–Crippen MR) is 85.0 cm³/mol. The zero-order chi connectivity index (χ0) is 18.6. The molecule has 1 aliphatic rings. The van der Waals surface area contributed by atoms with Crippen LogP contribution in [0.2, 0.25) is 5.02 Å². The lowest BCUT2D eigenvalue weighted by molar-refractivity contribution is -0.0117. The number of halogens is 5. The van der Waals surface area contributed by atoms with Crippen LogP contribution in [0.4, 0.5) is 23.2 Å². The van der Waals surface area contributed by atoms with Crippen LogP contribution in [0.25, 0.3) is 11.0 Å². The molecule has 1 aliphatic heterocycles. The van der Waals surface area contributed by atoms with Crippen molar-refractivity contribution in [2.75, 3.05) is 18.0 Å². The maximum Gasteiger partial charge on any atom is 0.345 e. The van der Waals surface area contributed by atoms with E-state index in [1.807, 2.05) is 0 Å². The summed E-state index contributed by atoms with van der Waals surface area (Å²) in [6, 6.07) is -2.27. The van der Waals surface area contributed by atoms with Gasteiger partial charge in [0, 0.05) is 18.7 Å². The molecule has 2 aromatic rings. The number of aromatic amines is 1. The Labute approximate surface area is 145 Å². The first-order chi connectivity index (χ1) is 11.5. The van der Waals surface area contributed by atoms with Crippen LogP contribution in [0.15, 0.2) is 0 Å². The number of hydrogen-bond acceptors (Lipinski definition) is 4. The Bertz CT molecular complexity index is 881. The molecular weight excluding hydrogens is 362 g/mol. The molecule has 3 heterocycles. The van der Waals surface area contributed by atoms with Crippen molar-refractivity contribution in [1.82, 2.24) is 9.97 Å². The molecule has 1 fully saturated rings. The van der Waals surface area contributed by atoms with Gasteiger partial charge in [-0.15, -0.1) is 0 Å². The number of aromatic nitrogens is 2. The molecule has 5 nitrogen and oxygen atoms in total. The molecule has 0 bridgehead atoms. The van der Waals surface area contributed by atoms with E-state index in [9.17, 15) is 22.8 Å². The molecule has 0 aliphatic carbocycles. The van der Waals surface area contributed by atoms with E-state index in [0.29, 0.717) is 5.69 Å². The van der Waals surface area contributed by atoms with Crippen molar-refractivity contribution in [3.05, 3.63) is 22.0 Å². The van der Waals surface area contributed by atoms with Gasteiger partial charge >= 0.3 is 6.05 Å². The minimum Gasteiger partial charge on any atom is -0.363 e. The number of nitrogens with two attached hydrogens (primary N) is 1. The van der Waals surface area contributed by atoms with Gasteiger partial charge in [-0.3, -0.25) is 5.73 Å². The van der Waals surface area contributed by atoms with Crippen LogP contribution in [0.1, 0.15) is 29.8 Å². The summed E-state index contributed by atoms with van der Waals surface area (Å²) in [7, 11) is 0. The number of nitriles is 1. The molecule has 0 unspecified atom stereocenters. The second-order valence-electron chi connectivity index (χ2n) is 6.09. The second-order valence-corrected chi connectivity index (χ2v) is 6.47. The number of fused-ring (bicyclic) bond motifs is 1. The Morgan fingerprint density at radius 1 is 1.44 bits per heavy atom. The molecular formula is C15H14ClF4N5. The number of pyridine rings is 1. The summed E-state index contributed by atoms with van der Waals surface area (Å²) in [6.07, 6.45) is -0.145. The number of piperidine rings is 1. The average molecular weight is 376 g/mol. The normalized spacial score (nSPS) is 17.8. The summed E-state index contributed by atoms with van der Waals surface area (Å²) in [4.78, 5) is 7.83. The number of aryl methyl sites for hydroxylation is 1. The van der Waals surface area contributed by atoms with Gasteiger partial charge in [-0.25, -0.2) is 13.8 Å².